The second-order valence-electron chi connectivity index (χ2n) is 6.44. The summed E-state index contributed by atoms with van der Waals surface area (Å²) in [5.41, 5.74) is 1.04. The third-order valence-corrected chi connectivity index (χ3v) is 6.68. The zero-order chi connectivity index (χ0) is 18.0. The average molecular weight is 368 g/mol. The number of likely N-dealkylation sites (N-methyl/N-ethyl adjacent to an activating group) is 1. The molecule has 0 unspecified atom stereocenters. The second kappa shape index (κ2) is 7.32. The molecule has 9 nitrogen and oxygen atoms in total. The van der Waals surface area contributed by atoms with Crippen molar-refractivity contribution in [1.82, 2.24) is 28.4 Å². The number of hydrogen-bond acceptors (Lipinski definition) is 6. The van der Waals surface area contributed by atoms with E-state index in [9.17, 15) is 13.2 Å². The first-order valence-corrected chi connectivity index (χ1v) is 9.79. The van der Waals surface area contributed by atoms with E-state index >= 15 is 0 Å². The molecule has 10 heteroatoms. The van der Waals surface area contributed by atoms with Gasteiger partial charge in [-0.2, -0.15) is 17.0 Å². The van der Waals surface area contributed by atoms with Crippen molar-refractivity contribution < 1.29 is 13.2 Å². The molecule has 0 aromatic carbocycles. The molecular weight excluding hydrogens is 344 g/mol. The third kappa shape index (κ3) is 3.97. The van der Waals surface area contributed by atoms with E-state index in [0.29, 0.717) is 45.0 Å². The van der Waals surface area contributed by atoms with Crippen molar-refractivity contribution in [3.63, 3.8) is 0 Å². The van der Waals surface area contributed by atoms with Crippen LogP contribution in [0.5, 0.6) is 0 Å². The predicted molar refractivity (Wildman–Crippen MR) is 92.2 cm³/mol. The summed E-state index contributed by atoms with van der Waals surface area (Å²) < 4.78 is 28.5. The summed E-state index contributed by atoms with van der Waals surface area (Å²) in [6.07, 6.45) is 3.02. The van der Waals surface area contributed by atoms with Gasteiger partial charge in [0.1, 0.15) is 5.69 Å². The van der Waals surface area contributed by atoms with Gasteiger partial charge in [0.2, 0.25) is 0 Å². The monoisotopic (exact) mass is 368 g/mol. The summed E-state index contributed by atoms with van der Waals surface area (Å²) in [5.74, 6) is -0.204. The van der Waals surface area contributed by atoms with Gasteiger partial charge in [0.15, 0.2) is 0 Å². The van der Waals surface area contributed by atoms with Gasteiger partial charge in [0, 0.05) is 58.6 Å². The molecule has 25 heavy (non-hydrogen) atoms. The van der Waals surface area contributed by atoms with Gasteiger partial charge in [0.05, 0.1) is 11.9 Å². The highest BCUT2D eigenvalue weighted by Crippen LogP contribution is 2.15. The first-order chi connectivity index (χ1) is 11.9. The maximum Gasteiger partial charge on any atom is 0.282 e. The summed E-state index contributed by atoms with van der Waals surface area (Å²) in [6.45, 7) is 5.65. The van der Waals surface area contributed by atoms with E-state index in [1.807, 2.05) is 14.0 Å². The lowest BCUT2D eigenvalue weighted by Crippen LogP contribution is -2.57. The fraction of sp³-hybridized carbons (Fsp3) is 0.667. The quantitative estimate of drug-likeness (QED) is 0.682. The maximum atomic E-state index is 12.7. The first-order valence-electron chi connectivity index (χ1n) is 8.39. The Hall–Kier alpha value is -1.62. The topological polar surface area (TPSA) is 90.0 Å². The minimum Gasteiger partial charge on any atom is -0.335 e. The number of carbonyl (C=O) groups excluding carboxylic acids is 1. The molecule has 2 saturated heterocycles. The van der Waals surface area contributed by atoms with Crippen LogP contribution in [-0.2, 0) is 10.2 Å². The first kappa shape index (κ1) is 18.2. The SMILES string of the molecule is Cc1cnc(C(=O)N2CCN(S(=O)(=O)N3CCN(C)CC3)CC2)cn1. The highest BCUT2D eigenvalue weighted by Gasteiger charge is 2.34. The molecule has 3 heterocycles. The molecule has 2 aliphatic heterocycles. The number of rotatable bonds is 3. The molecule has 2 aliphatic rings. The number of aryl methyl sites for hydroxylation is 1. The molecule has 1 aromatic rings. The Morgan fingerprint density at radius 1 is 0.920 bits per heavy atom. The molecule has 3 rings (SSSR count). The summed E-state index contributed by atoms with van der Waals surface area (Å²) in [7, 11) is -1.47. The van der Waals surface area contributed by atoms with Crippen LogP contribution < -0.4 is 0 Å². The van der Waals surface area contributed by atoms with E-state index < -0.39 is 10.2 Å². The van der Waals surface area contributed by atoms with Crippen molar-refractivity contribution in [2.24, 2.45) is 0 Å². The van der Waals surface area contributed by atoms with Gasteiger partial charge < -0.3 is 9.80 Å². The average Bonchev–Trinajstić information content (AvgIpc) is 2.62. The molecule has 0 atom stereocenters. The molecule has 0 N–H and O–H groups in total. The van der Waals surface area contributed by atoms with E-state index in [4.69, 9.17) is 0 Å². The molecule has 0 saturated carbocycles. The van der Waals surface area contributed by atoms with Gasteiger partial charge in [-0.25, -0.2) is 4.98 Å². The van der Waals surface area contributed by atoms with Gasteiger partial charge in [0.25, 0.3) is 16.1 Å². The Morgan fingerprint density at radius 3 is 2.00 bits per heavy atom. The highest BCUT2D eigenvalue weighted by atomic mass is 32.2. The Balaban J connectivity index is 1.59. The van der Waals surface area contributed by atoms with Gasteiger partial charge in [-0.15, -0.1) is 0 Å². The van der Waals surface area contributed by atoms with E-state index in [-0.39, 0.29) is 5.91 Å². The van der Waals surface area contributed by atoms with Crippen molar-refractivity contribution in [2.75, 3.05) is 59.4 Å². The lowest BCUT2D eigenvalue weighted by molar-refractivity contribution is 0.0686. The second-order valence-corrected chi connectivity index (χ2v) is 8.37. The van der Waals surface area contributed by atoms with Gasteiger partial charge in [-0.3, -0.25) is 9.78 Å². The van der Waals surface area contributed by atoms with E-state index in [2.05, 4.69) is 14.9 Å². The maximum absolute atomic E-state index is 12.7. The molecule has 1 amide bonds. The third-order valence-electron chi connectivity index (χ3n) is 4.64. The van der Waals surface area contributed by atoms with Gasteiger partial charge in [-0.05, 0) is 14.0 Å². The van der Waals surface area contributed by atoms with Crippen molar-refractivity contribution in [2.45, 2.75) is 6.92 Å². The van der Waals surface area contributed by atoms with Crippen LogP contribution in [0.1, 0.15) is 16.2 Å². The zero-order valence-electron chi connectivity index (χ0n) is 14.6. The molecular formula is C15H24N6O3S. The van der Waals surface area contributed by atoms with Crippen molar-refractivity contribution >= 4 is 16.1 Å². The van der Waals surface area contributed by atoms with Crippen molar-refractivity contribution in [3.05, 3.63) is 23.8 Å². The largest absolute Gasteiger partial charge is 0.335 e. The number of hydrogen-bond donors (Lipinski definition) is 0. The minimum atomic E-state index is -3.45. The number of nitrogens with zero attached hydrogens (tertiary/aromatic N) is 6. The number of aromatic nitrogens is 2. The van der Waals surface area contributed by atoms with Crippen LogP contribution in [0.25, 0.3) is 0 Å². The number of amides is 1. The van der Waals surface area contributed by atoms with Gasteiger partial charge in [-0.1, -0.05) is 0 Å². The Bertz CT molecular complexity index is 707. The van der Waals surface area contributed by atoms with Crippen LogP contribution in [-0.4, -0.2) is 102 Å². The molecule has 1 aromatic heterocycles. The predicted octanol–water partition coefficient (Wildman–Crippen LogP) is -0.965. The smallest absolute Gasteiger partial charge is 0.282 e. The van der Waals surface area contributed by atoms with Crippen molar-refractivity contribution in [1.29, 1.82) is 0 Å². The Morgan fingerprint density at radius 2 is 1.48 bits per heavy atom. The highest BCUT2D eigenvalue weighted by molar-refractivity contribution is 7.86. The summed E-state index contributed by atoms with van der Waals surface area (Å²) in [5, 5.41) is 0. The molecule has 138 valence electrons. The molecule has 0 radical (unpaired) electrons. The fourth-order valence-corrected chi connectivity index (χ4v) is 4.55. The van der Waals surface area contributed by atoms with Crippen molar-refractivity contribution in [3.8, 4) is 0 Å². The summed E-state index contributed by atoms with van der Waals surface area (Å²) in [4.78, 5) is 24.4. The number of carbonyl (C=O) groups is 1. The lowest BCUT2D eigenvalue weighted by Gasteiger charge is -2.38. The van der Waals surface area contributed by atoms with Crippen LogP contribution in [0.15, 0.2) is 12.4 Å². The fourth-order valence-electron chi connectivity index (χ4n) is 2.97. The normalized spacial score (nSPS) is 21.4. The molecule has 0 bridgehead atoms. The van der Waals surface area contributed by atoms with E-state index in [1.54, 1.807) is 11.1 Å². The van der Waals surface area contributed by atoms with Gasteiger partial charge >= 0.3 is 0 Å². The summed E-state index contributed by atoms with van der Waals surface area (Å²) >= 11 is 0. The van der Waals surface area contributed by atoms with Crippen LogP contribution in [0.3, 0.4) is 0 Å². The lowest BCUT2D eigenvalue weighted by atomic mass is 10.3. The van der Waals surface area contributed by atoms with Crippen LogP contribution in [0, 0.1) is 6.92 Å². The molecule has 0 spiro atoms. The Kier molecular flexibility index (Phi) is 5.32. The summed E-state index contributed by atoms with van der Waals surface area (Å²) in [6, 6.07) is 0. The standard InChI is InChI=1S/C15H24N6O3S/c1-13-11-17-14(12-16-13)15(22)19-5-9-21(10-6-19)25(23,24)20-7-3-18(2)4-8-20/h11-12H,3-10H2,1-2H3. The Labute approximate surface area is 148 Å². The van der Waals surface area contributed by atoms with Crippen LogP contribution >= 0.6 is 0 Å². The number of piperazine rings is 2. The molecule has 0 aliphatic carbocycles. The molecule has 2 fully saturated rings. The van der Waals surface area contributed by atoms with Crippen LogP contribution in [0.2, 0.25) is 0 Å². The minimum absolute atomic E-state index is 0.204. The zero-order valence-corrected chi connectivity index (χ0v) is 15.4. The van der Waals surface area contributed by atoms with Crippen LogP contribution in [0.4, 0.5) is 0 Å². The van der Waals surface area contributed by atoms with E-state index in [0.717, 1.165) is 18.8 Å². The van der Waals surface area contributed by atoms with E-state index in [1.165, 1.54) is 14.8 Å².